The molecular formula is C26H30FN5O5Si. The lowest BCUT2D eigenvalue weighted by atomic mass is 9.82. The second kappa shape index (κ2) is 9.68. The average Bonchev–Trinajstić information content (AvgIpc) is 3.54. The van der Waals surface area contributed by atoms with E-state index in [4.69, 9.17) is 4.74 Å². The van der Waals surface area contributed by atoms with Crippen LogP contribution in [0.25, 0.3) is 0 Å². The molecule has 0 aliphatic carbocycles. The highest BCUT2D eigenvalue weighted by Gasteiger charge is 2.65. The summed E-state index contributed by atoms with van der Waals surface area (Å²) >= 11 is 0. The summed E-state index contributed by atoms with van der Waals surface area (Å²) in [6.45, 7) is 5.23. The van der Waals surface area contributed by atoms with Gasteiger partial charge in [0.15, 0.2) is 5.60 Å². The number of carbonyl (C=O) groups is 1. The minimum atomic E-state index is -3.35. The third-order valence-electron chi connectivity index (χ3n) is 7.85. The average molecular weight is 540 g/mol. The van der Waals surface area contributed by atoms with E-state index >= 15 is 4.11 Å². The number of nitrogens with zero attached hydrogens (tertiary/aromatic N) is 4. The topological polar surface area (TPSA) is 132 Å². The van der Waals surface area contributed by atoms with Crippen LogP contribution >= 0.6 is 0 Å². The molecule has 1 amide bonds. The summed E-state index contributed by atoms with van der Waals surface area (Å²) in [5, 5.41) is 32.7. The maximum Gasteiger partial charge on any atom is 0.269 e. The van der Waals surface area contributed by atoms with E-state index < -0.39 is 42.4 Å². The molecule has 2 aliphatic heterocycles. The standard InChI is InChI=1S/C26H30FN5O5Si/c1-16-24(38(2,3)27)23(37-26(16)20-13-18(32(35)36)9-10-21(20)28-25(26)34)11-12-31-14-22(29-30-31)19(15-33)17-7-5-4-6-8-17/h4-10,13-14,16,19,23-24,33H,11-12,15H2,1-3H3,(H,28,34)/t16-,19?,23+,24-,26+/m1/s1. The molecule has 1 saturated heterocycles. The number of aliphatic hydroxyl groups is 1. The first kappa shape index (κ1) is 26.1. The molecule has 3 aromatic rings. The predicted octanol–water partition coefficient (Wildman–Crippen LogP) is 4.13. The van der Waals surface area contributed by atoms with Gasteiger partial charge in [0.25, 0.3) is 11.6 Å². The number of halogens is 1. The van der Waals surface area contributed by atoms with Crippen LogP contribution in [0.2, 0.25) is 18.6 Å². The molecule has 1 aromatic heterocycles. The quantitative estimate of drug-likeness (QED) is 0.190. The van der Waals surface area contributed by atoms with Crippen LogP contribution in [-0.4, -0.2) is 52.0 Å². The summed E-state index contributed by atoms with van der Waals surface area (Å²) in [4.78, 5) is 24.3. The lowest BCUT2D eigenvalue weighted by Gasteiger charge is -2.30. The molecule has 5 rings (SSSR count). The number of amides is 1. The van der Waals surface area contributed by atoms with Gasteiger partial charge >= 0.3 is 0 Å². The first-order chi connectivity index (χ1) is 18.1. The maximum absolute atomic E-state index is 15.8. The molecule has 2 aromatic carbocycles. The van der Waals surface area contributed by atoms with Crippen molar-refractivity contribution in [2.75, 3.05) is 11.9 Å². The number of aromatic nitrogens is 3. The Hall–Kier alpha value is -3.48. The Kier molecular flexibility index (Phi) is 6.66. The number of aryl methyl sites for hydroxylation is 1. The third kappa shape index (κ3) is 4.32. The Labute approximate surface area is 220 Å². The summed E-state index contributed by atoms with van der Waals surface area (Å²) in [5.74, 6) is -1.29. The Morgan fingerprint density at radius 3 is 2.68 bits per heavy atom. The van der Waals surface area contributed by atoms with Crippen molar-refractivity contribution >= 4 is 25.7 Å². The highest BCUT2D eigenvalue weighted by Crippen LogP contribution is 2.59. The smallest absolute Gasteiger partial charge is 0.269 e. The van der Waals surface area contributed by atoms with Crippen molar-refractivity contribution in [2.45, 2.75) is 56.1 Å². The zero-order valence-corrected chi connectivity index (χ0v) is 22.4. The van der Waals surface area contributed by atoms with Gasteiger partial charge in [-0.05, 0) is 31.1 Å². The molecule has 0 bridgehead atoms. The molecule has 0 saturated carbocycles. The van der Waals surface area contributed by atoms with Crippen molar-refractivity contribution in [3.8, 4) is 0 Å². The fraction of sp³-hybridized carbons (Fsp3) is 0.423. The molecule has 38 heavy (non-hydrogen) atoms. The monoisotopic (exact) mass is 539 g/mol. The van der Waals surface area contributed by atoms with Crippen molar-refractivity contribution in [1.82, 2.24) is 15.0 Å². The number of fused-ring (bicyclic) bond motifs is 2. The van der Waals surface area contributed by atoms with Gasteiger partial charge in [-0.1, -0.05) is 42.5 Å². The summed E-state index contributed by atoms with van der Waals surface area (Å²) in [5.41, 5.74) is 0.172. The number of carbonyl (C=O) groups excluding carboxylic acids is 1. The number of nitro groups is 1. The fourth-order valence-electron chi connectivity index (χ4n) is 6.13. The van der Waals surface area contributed by atoms with Crippen LogP contribution in [0.15, 0.2) is 54.7 Å². The number of hydrogen-bond acceptors (Lipinski definition) is 7. The molecule has 5 atom stereocenters. The van der Waals surface area contributed by atoms with Gasteiger partial charge in [0.2, 0.25) is 8.41 Å². The van der Waals surface area contributed by atoms with Gasteiger partial charge in [-0.2, -0.15) is 0 Å². The van der Waals surface area contributed by atoms with Crippen LogP contribution < -0.4 is 5.32 Å². The Morgan fingerprint density at radius 1 is 1.29 bits per heavy atom. The van der Waals surface area contributed by atoms with E-state index in [2.05, 4.69) is 15.6 Å². The summed E-state index contributed by atoms with van der Waals surface area (Å²) < 4.78 is 23.9. The molecule has 12 heteroatoms. The Morgan fingerprint density at radius 2 is 2.03 bits per heavy atom. The number of anilines is 1. The van der Waals surface area contributed by atoms with Crippen molar-refractivity contribution in [2.24, 2.45) is 5.92 Å². The van der Waals surface area contributed by atoms with E-state index in [9.17, 15) is 20.0 Å². The largest absolute Gasteiger partial charge is 0.395 e. The van der Waals surface area contributed by atoms with Crippen LogP contribution in [-0.2, 0) is 21.7 Å². The zero-order valence-electron chi connectivity index (χ0n) is 21.4. The number of benzene rings is 2. The normalized spacial score (nSPS) is 25.4. The number of nitro benzene ring substituents is 1. The van der Waals surface area contributed by atoms with Gasteiger partial charge in [-0.25, -0.2) is 0 Å². The van der Waals surface area contributed by atoms with Crippen molar-refractivity contribution in [1.29, 1.82) is 0 Å². The molecule has 2 N–H and O–H groups in total. The van der Waals surface area contributed by atoms with Gasteiger partial charge in [-0.3, -0.25) is 19.6 Å². The first-order valence-corrected chi connectivity index (χ1v) is 15.5. The Bertz CT molecular complexity index is 1360. The van der Waals surface area contributed by atoms with Crippen LogP contribution in [0, 0.1) is 16.0 Å². The minimum absolute atomic E-state index is 0.126. The molecule has 0 radical (unpaired) electrons. The van der Waals surface area contributed by atoms with E-state index in [0.717, 1.165) is 5.56 Å². The van der Waals surface area contributed by atoms with Crippen LogP contribution in [0.5, 0.6) is 0 Å². The second-order valence-electron chi connectivity index (χ2n) is 10.6. The van der Waals surface area contributed by atoms with Crippen molar-refractivity contribution < 1.29 is 23.7 Å². The molecule has 200 valence electrons. The first-order valence-electron chi connectivity index (χ1n) is 12.6. The van der Waals surface area contributed by atoms with Crippen LogP contribution in [0.3, 0.4) is 0 Å². The SMILES string of the molecule is C[C@@H]1[C@@H]([Si](C)(C)F)[C@H](CCn2cc(C(CO)c3ccccc3)nn2)O[C@@]12C(=O)Nc1ccc([N+](=O)[O-])cc12. The summed E-state index contributed by atoms with van der Waals surface area (Å²) in [7, 11) is -3.35. The van der Waals surface area contributed by atoms with E-state index in [1.54, 1.807) is 30.9 Å². The van der Waals surface area contributed by atoms with Crippen molar-refractivity contribution in [3.63, 3.8) is 0 Å². The van der Waals surface area contributed by atoms with Gasteiger partial charge in [0.05, 0.1) is 29.2 Å². The fourth-order valence-corrected chi connectivity index (χ4v) is 8.68. The highest BCUT2D eigenvalue weighted by atomic mass is 28.4. The summed E-state index contributed by atoms with van der Waals surface area (Å²) in [6, 6.07) is 13.7. The predicted molar refractivity (Wildman–Crippen MR) is 140 cm³/mol. The molecular weight excluding hydrogens is 509 g/mol. The number of aliphatic hydroxyl groups excluding tert-OH is 1. The van der Waals surface area contributed by atoms with Gasteiger partial charge in [0.1, 0.15) is 0 Å². The van der Waals surface area contributed by atoms with E-state index in [1.165, 1.54) is 18.2 Å². The maximum atomic E-state index is 15.8. The van der Waals surface area contributed by atoms with E-state index in [1.807, 2.05) is 30.3 Å². The molecule has 1 unspecified atom stereocenters. The molecule has 2 aliphatic rings. The Balaban J connectivity index is 1.42. The molecule has 10 nitrogen and oxygen atoms in total. The molecule has 1 fully saturated rings. The molecule has 1 spiro atoms. The van der Waals surface area contributed by atoms with Gasteiger partial charge in [0, 0.05) is 47.6 Å². The van der Waals surface area contributed by atoms with E-state index in [-0.39, 0.29) is 18.2 Å². The number of ether oxygens (including phenoxy) is 1. The number of non-ortho nitro benzene ring substituents is 1. The van der Waals surface area contributed by atoms with Gasteiger partial charge in [-0.15, -0.1) is 5.10 Å². The lowest BCUT2D eigenvalue weighted by molar-refractivity contribution is -0.385. The number of nitrogens with one attached hydrogen (secondary N) is 1. The van der Waals surface area contributed by atoms with Crippen molar-refractivity contribution in [3.05, 3.63) is 81.7 Å². The minimum Gasteiger partial charge on any atom is -0.395 e. The lowest BCUT2D eigenvalue weighted by Crippen LogP contribution is -2.41. The summed E-state index contributed by atoms with van der Waals surface area (Å²) in [6.07, 6.45) is 1.52. The van der Waals surface area contributed by atoms with Crippen LogP contribution in [0.1, 0.15) is 36.1 Å². The number of rotatable bonds is 8. The number of hydrogen-bond donors (Lipinski definition) is 2. The van der Waals surface area contributed by atoms with Crippen LogP contribution in [0.4, 0.5) is 15.5 Å². The third-order valence-corrected chi connectivity index (χ3v) is 10.3. The van der Waals surface area contributed by atoms with Gasteiger partial charge < -0.3 is 19.3 Å². The molecule has 3 heterocycles. The van der Waals surface area contributed by atoms with E-state index in [0.29, 0.717) is 29.9 Å². The second-order valence-corrected chi connectivity index (χ2v) is 14.3. The zero-order chi connectivity index (χ0) is 27.2. The highest BCUT2D eigenvalue weighted by molar-refractivity contribution is 6.72.